The average Bonchev–Trinajstić information content (AvgIpc) is 2.78. The van der Waals surface area contributed by atoms with Gasteiger partial charge in [0.1, 0.15) is 0 Å². The molecule has 0 aliphatic carbocycles. The van der Waals surface area contributed by atoms with Gasteiger partial charge in [-0.25, -0.2) is 0 Å². The molecule has 31 heavy (non-hydrogen) atoms. The largest absolute Gasteiger partial charge is 0.351 e. The maximum atomic E-state index is 12.9. The second-order valence-corrected chi connectivity index (χ2v) is 8.26. The molecular formula is C24H21ClN2O3S. The highest BCUT2D eigenvalue weighted by Gasteiger charge is 2.13. The molecule has 0 fully saturated rings. The summed E-state index contributed by atoms with van der Waals surface area (Å²) in [5.74, 6) is 1.34. The Balaban J connectivity index is 1.66. The molecule has 1 amide bonds. The van der Waals surface area contributed by atoms with E-state index in [1.807, 2.05) is 54.6 Å². The fourth-order valence-electron chi connectivity index (χ4n) is 2.94. The summed E-state index contributed by atoms with van der Waals surface area (Å²) in [7, 11) is 0. The van der Waals surface area contributed by atoms with Gasteiger partial charge in [-0.3, -0.25) is 14.9 Å². The molecule has 0 saturated heterocycles. The standard InChI is InChI=1S/C24H21ClN2O3S/c25-21-10-4-7-19(14-21)17-31-13-12-26-24(28)23(20-8-2-1-3-9-20)16-18-6-5-11-22(15-18)27(29)30/h1-11,14-16H,12-13,17H2,(H,26,28)/b23-16+. The maximum absolute atomic E-state index is 12.9. The lowest BCUT2D eigenvalue weighted by Crippen LogP contribution is -2.26. The van der Waals surface area contributed by atoms with Gasteiger partial charge < -0.3 is 5.32 Å². The van der Waals surface area contributed by atoms with Crippen molar-refractivity contribution in [1.29, 1.82) is 0 Å². The number of carbonyl (C=O) groups excluding carboxylic acids is 1. The molecule has 0 spiro atoms. The number of benzene rings is 3. The maximum Gasteiger partial charge on any atom is 0.270 e. The third-order valence-electron chi connectivity index (χ3n) is 4.41. The molecule has 3 aromatic carbocycles. The Hall–Kier alpha value is -3.09. The second kappa shape index (κ2) is 11.3. The first-order chi connectivity index (χ1) is 15.0. The van der Waals surface area contributed by atoms with Crippen molar-refractivity contribution in [2.24, 2.45) is 0 Å². The Kier molecular flexibility index (Phi) is 8.27. The van der Waals surface area contributed by atoms with Crippen molar-refractivity contribution in [3.8, 4) is 0 Å². The monoisotopic (exact) mass is 452 g/mol. The minimum atomic E-state index is -0.448. The van der Waals surface area contributed by atoms with Gasteiger partial charge in [0.15, 0.2) is 0 Å². The zero-order valence-corrected chi connectivity index (χ0v) is 18.2. The number of nitrogens with zero attached hydrogens (tertiary/aromatic N) is 1. The van der Waals surface area contributed by atoms with E-state index >= 15 is 0 Å². The zero-order valence-electron chi connectivity index (χ0n) is 16.7. The predicted molar refractivity (Wildman–Crippen MR) is 128 cm³/mol. The predicted octanol–water partition coefficient (Wildman–Crippen LogP) is 5.84. The molecule has 0 unspecified atom stereocenters. The van der Waals surface area contributed by atoms with Crippen molar-refractivity contribution in [2.45, 2.75) is 5.75 Å². The quantitative estimate of drug-likeness (QED) is 0.145. The fraction of sp³-hybridized carbons (Fsp3) is 0.125. The van der Waals surface area contributed by atoms with Crippen LogP contribution in [0.25, 0.3) is 11.6 Å². The molecule has 3 rings (SSSR count). The summed E-state index contributed by atoms with van der Waals surface area (Å²) in [6.07, 6.45) is 1.68. The molecule has 5 nitrogen and oxygen atoms in total. The number of nitro benzene ring substituents is 1. The third-order valence-corrected chi connectivity index (χ3v) is 5.68. The summed E-state index contributed by atoms with van der Waals surface area (Å²) in [6, 6.07) is 23.2. The summed E-state index contributed by atoms with van der Waals surface area (Å²) in [5.41, 5.74) is 2.93. The number of hydrogen-bond acceptors (Lipinski definition) is 4. The first-order valence-electron chi connectivity index (χ1n) is 9.65. The van der Waals surface area contributed by atoms with E-state index in [9.17, 15) is 14.9 Å². The van der Waals surface area contributed by atoms with Crippen molar-refractivity contribution >= 4 is 46.6 Å². The van der Waals surface area contributed by atoms with Crippen LogP contribution in [0.4, 0.5) is 5.69 Å². The van der Waals surface area contributed by atoms with Gasteiger partial charge in [0, 0.05) is 40.8 Å². The van der Waals surface area contributed by atoms with Crippen LogP contribution in [0, 0.1) is 10.1 Å². The van der Waals surface area contributed by atoms with Crippen LogP contribution in [0.2, 0.25) is 5.02 Å². The first kappa shape index (κ1) is 22.6. The molecule has 0 heterocycles. The van der Waals surface area contributed by atoms with Gasteiger partial charge in [-0.15, -0.1) is 0 Å². The van der Waals surface area contributed by atoms with E-state index in [-0.39, 0.29) is 11.6 Å². The van der Waals surface area contributed by atoms with Crippen LogP contribution in [0.15, 0.2) is 78.9 Å². The van der Waals surface area contributed by atoms with E-state index in [0.29, 0.717) is 22.7 Å². The minimum absolute atomic E-state index is 0.0148. The van der Waals surface area contributed by atoms with E-state index in [4.69, 9.17) is 11.6 Å². The third kappa shape index (κ3) is 6.98. The number of amides is 1. The number of nitrogens with one attached hydrogen (secondary N) is 1. The Morgan fingerprint density at radius 1 is 1.03 bits per heavy atom. The second-order valence-electron chi connectivity index (χ2n) is 6.71. The number of halogens is 1. The van der Waals surface area contributed by atoms with Crippen molar-refractivity contribution in [1.82, 2.24) is 5.32 Å². The van der Waals surface area contributed by atoms with Gasteiger partial charge in [-0.05, 0) is 34.9 Å². The Bertz CT molecular complexity index is 1090. The van der Waals surface area contributed by atoms with Gasteiger partial charge in [-0.1, -0.05) is 66.2 Å². The van der Waals surface area contributed by atoms with Crippen molar-refractivity contribution in [2.75, 3.05) is 12.3 Å². The topological polar surface area (TPSA) is 72.2 Å². The molecule has 158 valence electrons. The molecule has 0 aromatic heterocycles. The lowest BCUT2D eigenvalue weighted by molar-refractivity contribution is -0.384. The van der Waals surface area contributed by atoms with Crippen LogP contribution in [-0.2, 0) is 10.5 Å². The fourth-order valence-corrected chi connectivity index (χ4v) is 3.96. The summed E-state index contributed by atoms with van der Waals surface area (Å²) in [5, 5.41) is 14.7. The average molecular weight is 453 g/mol. The molecule has 0 saturated carbocycles. The van der Waals surface area contributed by atoms with Gasteiger partial charge in [0.2, 0.25) is 0 Å². The van der Waals surface area contributed by atoms with E-state index < -0.39 is 4.92 Å². The van der Waals surface area contributed by atoms with Gasteiger partial charge in [0.25, 0.3) is 11.6 Å². The highest BCUT2D eigenvalue weighted by Crippen LogP contribution is 2.21. The van der Waals surface area contributed by atoms with Gasteiger partial charge in [-0.2, -0.15) is 11.8 Å². The highest BCUT2D eigenvalue weighted by molar-refractivity contribution is 7.98. The minimum Gasteiger partial charge on any atom is -0.351 e. The number of carbonyl (C=O) groups is 1. The lowest BCUT2D eigenvalue weighted by Gasteiger charge is -2.10. The lowest BCUT2D eigenvalue weighted by atomic mass is 10.0. The van der Waals surface area contributed by atoms with E-state index in [1.54, 1.807) is 30.0 Å². The van der Waals surface area contributed by atoms with E-state index in [0.717, 1.165) is 22.6 Å². The number of non-ortho nitro benzene ring substituents is 1. The van der Waals surface area contributed by atoms with E-state index in [1.165, 1.54) is 12.1 Å². The molecule has 0 aliphatic heterocycles. The molecule has 0 aliphatic rings. The van der Waals surface area contributed by atoms with Crippen LogP contribution < -0.4 is 5.32 Å². The highest BCUT2D eigenvalue weighted by atomic mass is 35.5. The molecular weight excluding hydrogens is 432 g/mol. The van der Waals surface area contributed by atoms with Crippen LogP contribution in [0.1, 0.15) is 16.7 Å². The van der Waals surface area contributed by atoms with Crippen molar-refractivity contribution < 1.29 is 9.72 Å². The number of hydrogen-bond donors (Lipinski definition) is 1. The Labute approximate surface area is 190 Å². The summed E-state index contributed by atoms with van der Waals surface area (Å²) >= 11 is 7.71. The normalized spacial score (nSPS) is 11.2. The van der Waals surface area contributed by atoms with Gasteiger partial charge in [0.05, 0.1) is 4.92 Å². The smallest absolute Gasteiger partial charge is 0.270 e. The molecule has 0 radical (unpaired) electrons. The van der Waals surface area contributed by atoms with Crippen molar-refractivity contribution in [3.05, 3.63) is 111 Å². The molecule has 0 bridgehead atoms. The summed E-state index contributed by atoms with van der Waals surface area (Å²) in [6.45, 7) is 0.503. The van der Waals surface area contributed by atoms with Crippen LogP contribution in [0.5, 0.6) is 0 Å². The summed E-state index contributed by atoms with van der Waals surface area (Å²) in [4.78, 5) is 23.5. The number of rotatable bonds is 9. The molecule has 0 atom stereocenters. The van der Waals surface area contributed by atoms with Gasteiger partial charge >= 0.3 is 0 Å². The summed E-state index contributed by atoms with van der Waals surface area (Å²) < 4.78 is 0. The first-order valence-corrected chi connectivity index (χ1v) is 11.2. The number of nitro groups is 1. The SMILES string of the molecule is O=C(NCCSCc1cccc(Cl)c1)/C(=C/c1cccc([N+](=O)[O-])c1)c1ccccc1. The van der Waals surface area contributed by atoms with Crippen molar-refractivity contribution in [3.63, 3.8) is 0 Å². The van der Waals surface area contributed by atoms with Crippen LogP contribution >= 0.6 is 23.4 Å². The van der Waals surface area contributed by atoms with E-state index in [2.05, 4.69) is 5.32 Å². The van der Waals surface area contributed by atoms with Crippen LogP contribution in [0.3, 0.4) is 0 Å². The Morgan fingerprint density at radius 3 is 2.55 bits per heavy atom. The molecule has 1 N–H and O–H groups in total. The number of thioether (sulfide) groups is 1. The molecule has 3 aromatic rings. The Morgan fingerprint density at radius 2 is 1.81 bits per heavy atom. The molecule has 7 heteroatoms. The zero-order chi connectivity index (χ0) is 22.1. The van der Waals surface area contributed by atoms with Crippen LogP contribution in [-0.4, -0.2) is 23.1 Å².